The number of amides is 1. The molecule has 2 aromatic carbocycles. The first kappa shape index (κ1) is 22.8. The molecular weight excluding hydrogens is 402 g/mol. The lowest BCUT2D eigenvalue weighted by atomic mass is 10.00. The van der Waals surface area contributed by atoms with Crippen molar-refractivity contribution in [3.05, 3.63) is 59.2 Å². The molecule has 2 aliphatic rings. The number of benzene rings is 2. The molecule has 0 unspecified atom stereocenters. The van der Waals surface area contributed by atoms with Gasteiger partial charge in [0, 0.05) is 5.56 Å². The zero-order valence-corrected chi connectivity index (χ0v) is 19.4. The van der Waals surface area contributed by atoms with Gasteiger partial charge in [0.2, 0.25) is 0 Å². The SMILES string of the molecule is CCCCCOc1ccc(CN2C(=O)C3(OCCCO3)c3cc(CCCC)ccc32)cc1. The number of anilines is 1. The Balaban J connectivity index is 1.54. The highest BCUT2D eigenvalue weighted by Crippen LogP contribution is 2.46. The third-order valence-electron chi connectivity index (χ3n) is 6.23. The van der Waals surface area contributed by atoms with Gasteiger partial charge < -0.3 is 19.1 Å². The topological polar surface area (TPSA) is 48.0 Å². The zero-order valence-electron chi connectivity index (χ0n) is 19.4. The second-order valence-corrected chi connectivity index (χ2v) is 8.71. The molecule has 0 aromatic heterocycles. The highest BCUT2D eigenvalue weighted by Gasteiger charge is 2.54. The third kappa shape index (κ3) is 4.69. The van der Waals surface area contributed by atoms with E-state index in [-0.39, 0.29) is 5.91 Å². The predicted molar refractivity (Wildman–Crippen MR) is 126 cm³/mol. The number of hydrogen-bond acceptors (Lipinski definition) is 4. The molecule has 5 nitrogen and oxygen atoms in total. The summed E-state index contributed by atoms with van der Waals surface area (Å²) in [6.45, 7) is 6.65. The second-order valence-electron chi connectivity index (χ2n) is 8.71. The summed E-state index contributed by atoms with van der Waals surface area (Å²) in [5, 5.41) is 0. The summed E-state index contributed by atoms with van der Waals surface area (Å²) < 4.78 is 17.9. The Morgan fingerprint density at radius 3 is 2.38 bits per heavy atom. The average molecular weight is 438 g/mol. The maximum atomic E-state index is 13.6. The van der Waals surface area contributed by atoms with Crippen LogP contribution in [-0.2, 0) is 33.0 Å². The van der Waals surface area contributed by atoms with Crippen LogP contribution in [0.2, 0.25) is 0 Å². The molecular formula is C27H35NO4. The van der Waals surface area contributed by atoms with Crippen molar-refractivity contribution >= 4 is 11.6 Å². The van der Waals surface area contributed by atoms with E-state index in [9.17, 15) is 4.79 Å². The van der Waals surface area contributed by atoms with Crippen LogP contribution in [0.15, 0.2) is 42.5 Å². The summed E-state index contributed by atoms with van der Waals surface area (Å²) in [6, 6.07) is 14.3. The lowest BCUT2D eigenvalue weighted by Crippen LogP contribution is -2.47. The van der Waals surface area contributed by atoms with Crippen LogP contribution in [0.1, 0.15) is 69.1 Å². The van der Waals surface area contributed by atoms with Gasteiger partial charge in [-0.15, -0.1) is 0 Å². The van der Waals surface area contributed by atoms with Crippen molar-refractivity contribution in [3.63, 3.8) is 0 Å². The van der Waals surface area contributed by atoms with Gasteiger partial charge in [-0.3, -0.25) is 4.79 Å². The molecule has 1 amide bonds. The van der Waals surface area contributed by atoms with Crippen molar-refractivity contribution < 1.29 is 19.0 Å². The van der Waals surface area contributed by atoms with Crippen molar-refractivity contribution in [2.75, 3.05) is 24.7 Å². The monoisotopic (exact) mass is 437 g/mol. The van der Waals surface area contributed by atoms with Gasteiger partial charge in [-0.1, -0.05) is 51.3 Å². The maximum absolute atomic E-state index is 13.6. The van der Waals surface area contributed by atoms with E-state index in [2.05, 4.69) is 32.0 Å². The highest BCUT2D eigenvalue weighted by atomic mass is 16.7. The Bertz CT molecular complexity index is 902. The van der Waals surface area contributed by atoms with Crippen molar-refractivity contribution in [1.29, 1.82) is 0 Å². The molecule has 5 heteroatoms. The standard InChI is InChI=1S/C27H35NO4/c1-3-5-7-16-30-23-13-10-22(11-14-23)20-28-25-15-12-21(9-6-4-2)19-24(25)27(26(28)29)31-17-8-18-32-27/h10-15,19H,3-9,16-18,20H2,1-2H3. The molecule has 172 valence electrons. The Labute approximate surface area is 191 Å². The minimum Gasteiger partial charge on any atom is -0.494 e. The van der Waals surface area contributed by atoms with Gasteiger partial charge in [-0.05, 0) is 61.1 Å². The number of carbonyl (C=O) groups is 1. The second kappa shape index (κ2) is 10.5. The fourth-order valence-electron chi connectivity index (χ4n) is 4.40. The molecule has 0 atom stereocenters. The minimum absolute atomic E-state index is 0.125. The Morgan fingerprint density at radius 1 is 0.938 bits per heavy atom. The van der Waals surface area contributed by atoms with Crippen LogP contribution in [0.25, 0.3) is 0 Å². The summed E-state index contributed by atoms with van der Waals surface area (Å²) in [7, 11) is 0. The number of aryl methyl sites for hydroxylation is 1. The molecule has 1 spiro atoms. The lowest BCUT2D eigenvalue weighted by Gasteiger charge is -2.32. The van der Waals surface area contributed by atoms with E-state index < -0.39 is 5.79 Å². The van der Waals surface area contributed by atoms with Crippen molar-refractivity contribution in [2.45, 2.75) is 71.1 Å². The number of carbonyl (C=O) groups excluding carboxylic acids is 1. The van der Waals surface area contributed by atoms with Gasteiger partial charge in [-0.25, -0.2) is 0 Å². The van der Waals surface area contributed by atoms with Crippen LogP contribution >= 0.6 is 0 Å². The summed E-state index contributed by atoms with van der Waals surface area (Å²) in [4.78, 5) is 15.4. The summed E-state index contributed by atoms with van der Waals surface area (Å²) in [5.74, 6) is -0.549. The van der Waals surface area contributed by atoms with Crippen LogP contribution in [-0.4, -0.2) is 25.7 Å². The van der Waals surface area contributed by atoms with Gasteiger partial charge in [0.15, 0.2) is 0 Å². The smallest absolute Gasteiger partial charge is 0.292 e. The summed E-state index contributed by atoms with van der Waals surface area (Å²) in [5.41, 5.74) is 4.01. The van der Waals surface area contributed by atoms with Gasteiger partial charge in [0.25, 0.3) is 11.7 Å². The first-order valence-electron chi connectivity index (χ1n) is 12.1. The van der Waals surface area contributed by atoms with E-state index >= 15 is 0 Å². The van der Waals surface area contributed by atoms with Crippen LogP contribution in [0.5, 0.6) is 5.75 Å². The zero-order chi connectivity index (χ0) is 22.4. The van der Waals surface area contributed by atoms with Crippen LogP contribution in [0, 0.1) is 0 Å². The molecule has 0 saturated carbocycles. The summed E-state index contributed by atoms with van der Waals surface area (Å²) >= 11 is 0. The quantitative estimate of drug-likeness (QED) is 0.445. The van der Waals surface area contributed by atoms with E-state index in [0.29, 0.717) is 19.8 Å². The van der Waals surface area contributed by atoms with E-state index in [0.717, 1.165) is 61.3 Å². The number of nitrogens with zero attached hydrogens (tertiary/aromatic N) is 1. The molecule has 0 bridgehead atoms. The molecule has 4 rings (SSSR count). The number of unbranched alkanes of at least 4 members (excludes halogenated alkanes) is 3. The van der Waals surface area contributed by atoms with E-state index in [1.165, 1.54) is 18.4 Å². The van der Waals surface area contributed by atoms with Gasteiger partial charge in [0.1, 0.15) is 5.75 Å². The molecule has 0 aliphatic carbocycles. The normalized spacial score (nSPS) is 17.1. The van der Waals surface area contributed by atoms with Crippen LogP contribution in [0.4, 0.5) is 5.69 Å². The maximum Gasteiger partial charge on any atom is 0.292 e. The Morgan fingerprint density at radius 2 is 1.66 bits per heavy atom. The van der Waals surface area contributed by atoms with E-state index in [1.54, 1.807) is 4.90 Å². The van der Waals surface area contributed by atoms with E-state index in [1.807, 2.05) is 24.3 Å². The van der Waals surface area contributed by atoms with Gasteiger partial charge in [-0.2, -0.15) is 0 Å². The highest BCUT2D eigenvalue weighted by molar-refractivity contribution is 6.06. The number of fused-ring (bicyclic) bond motifs is 2. The van der Waals surface area contributed by atoms with Crippen molar-refractivity contribution in [2.24, 2.45) is 0 Å². The van der Waals surface area contributed by atoms with Crippen LogP contribution < -0.4 is 9.64 Å². The first-order chi connectivity index (χ1) is 15.7. The fraction of sp³-hybridized carbons (Fsp3) is 0.519. The van der Waals surface area contributed by atoms with Gasteiger partial charge >= 0.3 is 0 Å². The molecule has 0 N–H and O–H groups in total. The predicted octanol–water partition coefficient (Wildman–Crippen LogP) is 5.73. The average Bonchev–Trinajstić information content (AvgIpc) is 3.04. The molecule has 32 heavy (non-hydrogen) atoms. The number of hydrogen-bond donors (Lipinski definition) is 0. The summed E-state index contributed by atoms with van der Waals surface area (Å²) in [6.07, 6.45) is 7.49. The van der Waals surface area contributed by atoms with E-state index in [4.69, 9.17) is 14.2 Å². The molecule has 1 saturated heterocycles. The lowest BCUT2D eigenvalue weighted by molar-refractivity contribution is -0.256. The van der Waals surface area contributed by atoms with Crippen molar-refractivity contribution in [3.8, 4) is 5.75 Å². The van der Waals surface area contributed by atoms with Gasteiger partial charge in [0.05, 0.1) is 32.1 Å². The van der Waals surface area contributed by atoms with Crippen molar-refractivity contribution in [1.82, 2.24) is 0 Å². The number of rotatable bonds is 10. The molecule has 2 aromatic rings. The largest absolute Gasteiger partial charge is 0.494 e. The fourth-order valence-corrected chi connectivity index (χ4v) is 4.40. The molecule has 1 fully saturated rings. The third-order valence-corrected chi connectivity index (χ3v) is 6.23. The molecule has 2 aliphatic heterocycles. The Hall–Kier alpha value is -2.37. The molecule has 2 heterocycles. The number of ether oxygens (including phenoxy) is 3. The molecule has 0 radical (unpaired) electrons. The van der Waals surface area contributed by atoms with Crippen LogP contribution in [0.3, 0.4) is 0 Å². The Kier molecular flexibility index (Phi) is 7.48. The minimum atomic E-state index is -1.29. The first-order valence-corrected chi connectivity index (χ1v) is 12.1.